The number of pyridine rings is 2. The molecule has 0 N–H and O–H groups in total. The fourth-order valence-corrected chi connectivity index (χ4v) is 6.52. The van der Waals surface area contributed by atoms with E-state index in [2.05, 4.69) is 115 Å². The van der Waals surface area contributed by atoms with Crippen molar-refractivity contribution in [1.29, 1.82) is 0 Å². The molecule has 3 heteroatoms. The molecule has 2 aromatic heterocycles. The topological polar surface area (TPSA) is 25.8 Å². The van der Waals surface area contributed by atoms with E-state index in [0.29, 0.717) is 0 Å². The first-order chi connectivity index (χ1) is 22.5. The van der Waals surface area contributed by atoms with Crippen LogP contribution in [0.5, 0.6) is 0 Å². The van der Waals surface area contributed by atoms with Crippen LogP contribution in [0.2, 0.25) is 0 Å². The van der Waals surface area contributed by atoms with Crippen molar-refractivity contribution in [3.05, 3.63) is 181 Å². The van der Waals surface area contributed by atoms with E-state index < -0.39 is 0 Å². The zero-order valence-corrected chi connectivity index (χ0v) is 29.1. The molecule has 1 aliphatic rings. The Kier molecular flexibility index (Phi) is 9.40. The Bertz CT molecular complexity index is 2140. The Labute approximate surface area is 291 Å². The molecule has 8 rings (SSSR count). The second-order valence-corrected chi connectivity index (χ2v) is 12.1. The zero-order chi connectivity index (χ0) is 31.5. The summed E-state index contributed by atoms with van der Waals surface area (Å²) in [6.45, 7) is 6.68. The molecule has 2 heterocycles. The van der Waals surface area contributed by atoms with Crippen molar-refractivity contribution >= 4 is 0 Å². The molecule has 0 spiro atoms. The van der Waals surface area contributed by atoms with Gasteiger partial charge >= 0.3 is 0 Å². The molecular weight excluding hydrogens is 749 g/mol. The van der Waals surface area contributed by atoms with Crippen molar-refractivity contribution in [3.63, 3.8) is 0 Å². The Balaban J connectivity index is 0.000000232. The monoisotopic (exact) mass is 783 g/mol. The van der Waals surface area contributed by atoms with Gasteiger partial charge in [0, 0.05) is 37.4 Å². The molecule has 0 unspecified atom stereocenters. The molecule has 5 aromatic carbocycles. The SMILES string of the molecule is CC1(C)c2ccccc2-c2cccc(-c3cccc(-c4cc[c-]c(-c5ccccn5)c4)c3)c21.Cc1cccc(-c2[c-]cccc2)n1.[Ir]. The molecule has 0 atom stereocenters. The van der Waals surface area contributed by atoms with Gasteiger partial charge in [-0.25, -0.2) is 0 Å². The number of rotatable bonds is 4. The summed E-state index contributed by atoms with van der Waals surface area (Å²) < 4.78 is 0. The van der Waals surface area contributed by atoms with Crippen LogP contribution in [0, 0.1) is 19.1 Å². The van der Waals surface area contributed by atoms with Crippen molar-refractivity contribution in [2.45, 2.75) is 26.2 Å². The smallest absolute Gasteiger partial charge is 0.0266 e. The van der Waals surface area contributed by atoms with Crippen LogP contribution >= 0.6 is 0 Å². The quantitative estimate of drug-likeness (QED) is 0.166. The van der Waals surface area contributed by atoms with Crippen LogP contribution in [0.3, 0.4) is 0 Å². The summed E-state index contributed by atoms with van der Waals surface area (Å²) in [5.74, 6) is 0. The summed E-state index contributed by atoms with van der Waals surface area (Å²) in [5, 5.41) is 0. The van der Waals surface area contributed by atoms with Crippen molar-refractivity contribution in [2.24, 2.45) is 0 Å². The van der Waals surface area contributed by atoms with Crippen LogP contribution in [-0.2, 0) is 25.5 Å². The van der Waals surface area contributed by atoms with E-state index in [1.54, 1.807) is 0 Å². The van der Waals surface area contributed by atoms with E-state index in [0.717, 1.165) is 28.2 Å². The number of aromatic nitrogens is 2. The van der Waals surface area contributed by atoms with Crippen LogP contribution in [0.4, 0.5) is 0 Å². The van der Waals surface area contributed by atoms with Gasteiger partial charge in [-0.2, -0.15) is 0 Å². The fraction of sp³-hybridized carbons (Fsp3) is 0.0909. The largest absolute Gasteiger partial charge is 0.305 e. The minimum absolute atomic E-state index is 0. The summed E-state index contributed by atoms with van der Waals surface area (Å²) in [6, 6.07) is 57.1. The van der Waals surface area contributed by atoms with Gasteiger partial charge in [0.2, 0.25) is 0 Å². The number of fused-ring (bicyclic) bond motifs is 3. The van der Waals surface area contributed by atoms with E-state index in [1.807, 2.05) is 79.9 Å². The van der Waals surface area contributed by atoms with Gasteiger partial charge in [0.1, 0.15) is 0 Å². The van der Waals surface area contributed by atoms with Crippen LogP contribution in [0.15, 0.2) is 152 Å². The summed E-state index contributed by atoms with van der Waals surface area (Å²) in [7, 11) is 0. The van der Waals surface area contributed by atoms with Crippen molar-refractivity contribution < 1.29 is 20.1 Å². The molecule has 0 amide bonds. The van der Waals surface area contributed by atoms with Crippen LogP contribution < -0.4 is 0 Å². The van der Waals surface area contributed by atoms with Crippen molar-refractivity contribution in [2.75, 3.05) is 0 Å². The molecule has 0 saturated heterocycles. The standard InChI is InChI=1S/C32H24N.C12H10N.Ir/c1-32(2)29-17-4-3-14-27(29)28-16-9-15-26(31(28)32)24-12-7-10-22(20-24)23-11-8-13-25(21-23)30-18-5-6-19-33-30;1-10-6-5-9-12(13-10)11-7-3-2-4-8-11;/h3-12,14-21H,1-2H3;2-7,9H,1H3;/q2*-1;. The molecule has 1 radical (unpaired) electrons. The number of aryl methyl sites for hydroxylation is 1. The van der Waals surface area contributed by atoms with Gasteiger partial charge in [-0.05, 0) is 75.5 Å². The van der Waals surface area contributed by atoms with Crippen LogP contribution in [0.1, 0.15) is 30.7 Å². The van der Waals surface area contributed by atoms with E-state index in [4.69, 9.17) is 0 Å². The molecular formula is C44H34IrN2-2. The van der Waals surface area contributed by atoms with E-state index in [-0.39, 0.29) is 25.5 Å². The van der Waals surface area contributed by atoms with Gasteiger partial charge in [-0.15, -0.1) is 71.3 Å². The number of hydrogen-bond acceptors (Lipinski definition) is 2. The van der Waals surface area contributed by atoms with Gasteiger partial charge < -0.3 is 9.97 Å². The van der Waals surface area contributed by atoms with Gasteiger partial charge in [0.05, 0.1) is 0 Å². The average Bonchev–Trinajstić information content (AvgIpc) is 3.36. The van der Waals surface area contributed by atoms with E-state index in [9.17, 15) is 0 Å². The molecule has 2 nitrogen and oxygen atoms in total. The zero-order valence-electron chi connectivity index (χ0n) is 26.7. The summed E-state index contributed by atoms with van der Waals surface area (Å²) in [6.07, 6.45) is 1.83. The fourth-order valence-electron chi connectivity index (χ4n) is 6.52. The maximum atomic E-state index is 4.49. The predicted octanol–water partition coefficient (Wildman–Crippen LogP) is 11.0. The number of benzene rings is 5. The molecule has 0 aliphatic heterocycles. The summed E-state index contributed by atoms with van der Waals surface area (Å²) >= 11 is 0. The average molecular weight is 783 g/mol. The normalized spacial score (nSPS) is 12.1. The van der Waals surface area contributed by atoms with Gasteiger partial charge in [-0.3, -0.25) is 0 Å². The first-order valence-electron chi connectivity index (χ1n) is 15.7. The van der Waals surface area contributed by atoms with Gasteiger partial charge in [-0.1, -0.05) is 98.8 Å². The Morgan fingerprint density at radius 3 is 2.02 bits per heavy atom. The second kappa shape index (κ2) is 13.8. The van der Waals surface area contributed by atoms with E-state index >= 15 is 0 Å². The Hall–Kier alpha value is -4.95. The molecule has 7 aromatic rings. The number of hydrogen-bond donors (Lipinski definition) is 0. The summed E-state index contributed by atoms with van der Waals surface area (Å²) in [4.78, 5) is 8.90. The third kappa shape index (κ3) is 6.51. The first kappa shape index (κ1) is 32.0. The van der Waals surface area contributed by atoms with Crippen LogP contribution in [-0.4, -0.2) is 9.97 Å². The van der Waals surface area contributed by atoms with Crippen molar-refractivity contribution in [3.8, 4) is 55.9 Å². The molecule has 231 valence electrons. The van der Waals surface area contributed by atoms with Crippen molar-refractivity contribution in [1.82, 2.24) is 9.97 Å². The Morgan fingerprint density at radius 2 is 1.21 bits per heavy atom. The van der Waals surface area contributed by atoms with Gasteiger partial charge in [0.25, 0.3) is 0 Å². The third-order valence-corrected chi connectivity index (χ3v) is 8.70. The minimum atomic E-state index is -0.0353. The number of nitrogens with zero attached hydrogens (tertiary/aromatic N) is 2. The van der Waals surface area contributed by atoms with E-state index in [1.165, 1.54) is 44.5 Å². The Morgan fingerprint density at radius 1 is 0.532 bits per heavy atom. The first-order valence-corrected chi connectivity index (χ1v) is 15.7. The molecule has 0 fully saturated rings. The molecule has 0 saturated carbocycles. The van der Waals surface area contributed by atoms with Crippen LogP contribution in [0.25, 0.3) is 55.9 Å². The third-order valence-electron chi connectivity index (χ3n) is 8.70. The maximum Gasteiger partial charge on any atom is 0.0266 e. The summed E-state index contributed by atoms with van der Waals surface area (Å²) in [5.41, 5.74) is 15.4. The predicted molar refractivity (Wildman–Crippen MR) is 190 cm³/mol. The molecule has 1 aliphatic carbocycles. The maximum absolute atomic E-state index is 4.49. The van der Waals surface area contributed by atoms with Gasteiger partial charge in [0.15, 0.2) is 0 Å². The minimum Gasteiger partial charge on any atom is -0.305 e. The molecule has 47 heavy (non-hydrogen) atoms. The second-order valence-electron chi connectivity index (χ2n) is 12.1. The molecule has 0 bridgehead atoms.